The first-order chi connectivity index (χ1) is 9.97. The highest BCUT2D eigenvalue weighted by Crippen LogP contribution is 2.32. The second kappa shape index (κ2) is 6.19. The number of amidine groups is 1. The molecule has 0 radical (unpaired) electrons. The van der Waals surface area contributed by atoms with Crippen LogP contribution in [0.3, 0.4) is 0 Å². The van der Waals surface area contributed by atoms with Crippen LogP contribution in [0.4, 0.5) is 0 Å². The van der Waals surface area contributed by atoms with Gasteiger partial charge in [-0.05, 0) is 18.6 Å². The molecule has 1 unspecified atom stereocenters. The Balaban J connectivity index is 2.27. The van der Waals surface area contributed by atoms with Gasteiger partial charge in [0.1, 0.15) is 13.2 Å². The summed E-state index contributed by atoms with van der Waals surface area (Å²) in [6, 6.07) is 3.55. The Hall–Kier alpha value is -2.00. The lowest BCUT2D eigenvalue weighted by atomic mass is 10.2. The number of nitrogens with zero attached hydrogens (tertiary/aromatic N) is 1. The number of fused-ring (bicyclic) bond motifs is 1. The normalized spacial score (nSPS) is 16.5. The predicted octanol–water partition coefficient (Wildman–Crippen LogP) is 0.261. The van der Waals surface area contributed by atoms with E-state index in [0.717, 1.165) is 0 Å². The van der Waals surface area contributed by atoms with E-state index in [1.54, 1.807) is 6.92 Å². The number of nitrogens with two attached hydrogens (primary N) is 1. The molecule has 0 aromatic heterocycles. The topological polar surface area (TPSA) is 123 Å². The van der Waals surface area contributed by atoms with Gasteiger partial charge in [0.2, 0.25) is 10.0 Å². The third-order valence-electron chi connectivity index (χ3n) is 3.00. The molecule has 116 valence electrons. The van der Waals surface area contributed by atoms with Crippen LogP contribution in [0, 0.1) is 0 Å². The number of oxime groups is 1. The van der Waals surface area contributed by atoms with Crippen LogP contribution in [-0.4, -0.2) is 38.7 Å². The van der Waals surface area contributed by atoms with E-state index in [0.29, 0.717) is 31.1 Å². The summed E-state index contributed by atoms with van der Waals surface area (Å²) in [5.41, 5.74) is 5.45. The zero-order chi connectivity index (χ0) is 15.5. The van der Waals surface area contributed by atoms with Gasteiger partial charge in [0, 0.05) is 6.07 Å². The summed E-state index contributed by atoms with van der Waals surface area (Å²) in [5.74, 6) is 0.684. The lowest BCUT2D eigenvalue weighted by molar-refractivity contribution is 0.171. The Morgan fingerprint density at radius 2 is 2.10 bits per heavy atom. The molecule has 0 spiro atoms. The van der Waals surface area contributed by atoms with Crippen LogP contribution in [0.15, 0.2) is 28.3 Å². The lowest BCUT2D eigenvalue weighted by Gasteiger charge is -2.20. The van der Waals surface area contributed by atoms with Crippen LogP contribution < -0.4 is 19.9 Å². The van der Waals surface area contributed by atoms with Crippen LogP contribution in [0.1, 0.15) is 13.3 Å². The van der Waals surface area contributed by atoms with Gasteiger partial charge < -0.3 is 20.4 Å². The highest BCUT2D eigenvalue weighted by Gasteiger charge is 2.24. The van der Waals surface area contributed by atoms with Crippen molar-refractivity contribution in [2.45, 2.75) is 24.3 Å². The second-order valence-corrected chi connectivity index (χ2v) is 6.13. The zero-order valence-electron chi connectivity index (χ0n) is 11.4. The molecule has 0 aliphatic carbocycles. The Labute approximate surface area is 122 Å². The van der Waals surface area contributed by atoms with Crippen LogP contribution in [0.25, 0.3) is 0 Å². The van der Waals surface area contributed by atoms with E-state index in [1.165, 1.54) is 18.2 Å². The Morgan fingerprint density at radius 1 is 1.43 bits per heavy atom. The molecule has 1 heterocycles. The summed E-state index contributed by atoms with van der Waals surface area (Å²) in [6.45, 7) is 2.51. The molecule has 9 heteroatoms. The molecule has 21 heavy (non-hydrogen) atoms. The maximum absolute atomic E-state index is 12.3. The van der Waals surface area contributed by atoms with Gasteiger partial charge in [0.15, 0.2) is 17.3 Å². The second-order valence-electron chi connectivity index (χ2n) is 4.41. The summed E-state index contributed by atoms with van der Waals surface area (Å²) in [7, 11) is -3.82. The average molecular weight is 315 g/mol. The number of hydrogen-bond acceptors (Lipinski definition) is 6. The molecule has 4 N–H and O–H groups in total. The van der Waals surface area contributed by atoms with Gasteiger partial charge >= 0.3 is 0 Å². The number of nitrogens with one attached hydrogen (secondary N) is 1. The van der Waals surface area contributed by atoms with Crippen molar-refractivity contribution in [1.29, 1.82) is 0 Å². The minimum absolute atomic E-state index is 0.0240. The quantitative estimate of drug-likeness (QED) is 0.310. The van der Waals surface area contributed by atoms with Gasteiger partial charge in [0.05, 0.1) is 10.9 Å². The monoisotopic (exact) mass is 315 g/mol. The summed E-state index contributed by atoms with van der Waals surface area (Å²) in [6.07, 6.45) is 0.347. The molecule has 1 atom stereocenters. The van der Waals surface area contributed by atoms with E-state index in [9.17, 15) is 8.42 Å². The summed E-state index contributed by atoms with van der Waals surface area (Å²) < 4.78 is 37.7. The largest absolute Gasteiger partial charge is 0.486 e. The Kier molecular flexibility index (Phi) is 4.53. The third kappa shape index (κ3) is 3.37. The van der Waals surface area contributed by atoms with Gasteiger partial charge in [-0.25, -0.2) is 13.1 Å². The van der Waals surface area contributed by atoms with E-state index >= 15 is 0 Å². The fourth-order valence-electron chi connectivity index (χ4n) is 1.87. The van der Waals surface area contributed by atoms with E-state index in [1.807, 2.05) is 0 Å². The number of hydrogen-bond donors (Lipinski definition) is 3. The molecule has 0 saturated heterocycles. The van der Waals surface area contributed by atoms with Crippen molar-refractivity contribution in [3.05, 3.63) is 18.2 Å². The average Bonchev–Trinajstić information content (AvgIpc) is 2.51. The minimum atomic E-state index is -3.82. The molecule has 1 aromatic rings. The number of sulfonamides is 1. The smallest absolute Gasteiger partial charge is 0.241 e. The predicted molar refractivity (Wildman–Crippen MR) is 75.2 cm³/mol. The van der Waals surface area contributed by atoms with Crippen molar-refractivity contribution in [2.24, 2.45) is 10.9 Å². The van der Waals surface area contributed by atoms with E-state index < -0.39 is 16.1 Å². The first-order valence-electron chi connectivity index (χ1n) is 6.37. The van der Waals surface area contributed by atoms with Crippen LogP contribution in [0.2, 0.25) is 0 Å². The zero-order valence-corrected chi connectivity index (χ0v) is 12.3. The fourth-order valence-corrected chi connectivity index (χ4v) is 3.18. The Bertz CT molecular complexity index is 644. The maximum Gasteiger partial charge on any atom is 0.241 e. The molecule has 8 nitrogen and oxygen atoms in total. The van der Waals surface area contributed by atoms with Gasteiger partial charge in [0.25, 0.3) is 0 Å². The van der Waals surface area contributed by atoms with Crippen molar-refractivity contribution in [1.82, 2.24) is 4.72 Å². The molecule has 0 saturated carbocycles. The summed E-state index contributed by atoms with van der Waals surface area (Å²) >= 11 is 0. The third-order valence-corrected chi connectivity index (χ3v) is 4.47. The molecule has 0 bridgehead atoms. The fraction of sp³-hybridized carbons (Fsp3) is 0.417. The highest BCUT2D eigenvalue weighted by molar-refractivity contribution is 7.89. The molecular formula is C12H17N3O5S. The standard InChI is InChI=1S/C12H17N3O5S/c1-2-9(12(13)14-16)15-21(17,18)8-3-4-10-11(7-8)20-6-5-19-10/h3-4,7,9,15-16H,2,5-6H2,1H3,(H2,13,14). The molecule has 0 fully saturated rings. The van der Waals surface area contributed by atoms with Gasteiger partial charge in [-0.1, -0.05) is 12.1 Å². The van der Waals surface area contributed by atoms with Gasteiger partial charge in [-0.3, -0.25) is 0 Å². The molecular weight excluding hydrogens is 298 g/mol. The van der Waals surface area contributed by atoms with Crippen molar-refractivity contribution in [3.8, 4) is 11.5 Å². The van der Waals surface area contributed by atoms with Crippen molar-refractivity contribution in [2.75, 3.05) is 13.2 Å². The molecule has 1 aromatic carbocycles. The van der Waals surface area contributed by atoms with Crippen molar-refractivity contribution < 1.29 is 23.1 Å². The summed E-state index contributed by atoms with van der Waals surface area (Å²) in [4.78, 5) is 0.0240. The van der Waals surface area contributed by atoms with Gasteiger partial charge in [-0.15, -0.1) is 0 Å². The molecule has 0 amide bonds. The van der Waals surface area contributed by atoms with Crippen molar-refractivity contribution >= 4 is 15.9 Å². The number of ether oxygens (including phenoxy) is 2. The molecule has 1 aliphatic rings. The number of benzene rings is 1. The van der Waals surface area contributed by atoms with E-state index in [4.69, 9.17) is 20.4 Å². The van der Waals surface area contributed by atoms with Crippen molar-refractivity contribution in [3.63, 3.8) is 0 Å². The lowest BCUT2D eigenvalue weighted by Crippen LogP contribution is -2.44. The first-order valence-corrected chi connectivity index (χ1v) is 7.85. The minimum Gasteiger partial charge on any atom is -0.486 e. The molecule has 2 rings (SSSR count). The van der Waals surface area contributed by atoms with E-state index in [-0.39, 0.29) is 10.7 Å². The first kappa shape index (κ1) is 15.4. The van der Waals surface area contributed by atoms with Crippen LogP contribution in [-0.2, 0) is 10.0 Å². The van der Waals surface area contributed by atoms with Crippen LogP contribution >= 0.6 is 0 Å². The molecule has 1 aliphatic heterocycles. The van der Waals surface area contributed by atoms with Crippen LogP contribution in [0.5, 0.6) is 11.5 Å². The summed E-state index contributed by atoms with van der Waals surface area (Å²) in [5, 5.41) is 11.5. The van der Waals surface area contributed by atoms with Gasteiger partial charge in [-0.2, -0.15) is 0 Å². The number of rotatable bonds is 5. The Morgan fingerprint density at radius 3 is 2.71 bits per heavy atom. The maximum atomic E-state index is 12.3. The highest BCUT2D eigenvalue weighted by atomic mass is 32.2. The van der Waals surface area contributed by atoms with E-state index in [2.05, 4.69) is 9.88 Å². The SMILES string of the molecule is CCC(NS(=O)(=O)c1ccc2c(c1)OCCO2)/C(N)=N/O.